The third-order valence-corrected chi connectivity index (χ3v) is 16.8. The third-order valence-electron chi connectivity index (χ3n) is 16.8. The van der Waals surface area contributed by atoms with Crippen molar-refractivity contribution in [1.29, 1.82) is 0 Å². The van der Waals surface area contributed by atoms with Crippen molar-refractivity contribution in [3.63, 3.8) is 0 Å². The molecule has 0 radical (unpaired) electrons. The summed E-state index contributed by atoms with van der Waals surface area (Å²) < 4.78 is 15.7. The first-order valence-electron chi connectivity index (χ1n) is 34.2. The van der Waals surface area contributed by atoms with Crippen molar-refractivity contribution in [2.75, 3.05) is 81.9 Å². The van der Waals surface area contributed by atoms with Gasteiger partial charge in [-0.2, -0.15) is 0 Å². The van der Waals surface area contributed by atoms with Crippen LogP contribution in [-0.2, 0) is 97.5 Å². The lowest BCUT2D eigenvalue weighted by Gasteiger charge is -2.25. The maximum atomic E-state index is 13.6. The number of carbonyl (C=O) groups is 19. The van der Waals surface area contributed by atoms with Crippen molar-refractivity contribution in [2.24, 2.45) is 0 Å². The summed E-state index contributed by atoms with van der Waals surface area (Å²) in [6.07, 6.45) is -0.894. The molecule has 0 saturated carbocycles. The van der Waals surface area contributed by atoms with Gasteiger partial charge in [0.25, 0.3) is 23.6 Å². The fourth-order valence-electron chi connectivity index (χ4n) is 11.8. The molecule has 1 saturated heterocycles. The molecule has 0 aliphatic carbocycles. The highest BCUT2D eigenvalue weighted by Crippen LogP contribution is 2.36. The monoisotopic (exact) mass is 1520 g/mol. The number of benzene rings is 5. The average Bonchev–Trinajstić information content (AvgIpc) is 1.64. The van der Waals surface area contributed by atoms with Crippen molar-refractivity contribution in [3.05, 3.63) is 145 Å². The predicted molar refractivity (Wildman–Crippen MR) is 396 cm³/mol. The summed E-state index contributed by atoms with van der Waals surface area (Å²) in [6, 6.07) is 29.1. The van der Waals surface area contributed by atoms with Gasteiger partial charge in [0.05, 0.1) is 85.1 Å². The van der Waals surface area contributed by atoms with E-state index in [1.807, 2.05) is 6.07 Å². The second kappa shape index (κ2) is 41.2. The van der Waals surface area contributed by atoms with Crippen LogP contribution in [0.2, 0.25) is 0 Å². The molecule has 7 atom stereocenters. The third kappa shape index (κ3) is 24.3. The Balaban J connectivity index is 0.000000257. The van der Waals surface area contributed by atoms with E-state index in [4.69, 9.17) is 14.2 Å². The number of ether oxygens (including phenoxy) is 3. The summed E-state index contributed by atoms with van der Waals surface area (Å²) in [5.41, 5.74) is 2.70. The normalized spacial score (nSPS) is 17.0. The highest BCUT2D eigenvalue weighted by atomic mass is 16.6. The van der Waals surface area contributed by atoms with Crippen LogP contribution in [0.4, 0.5) is 43.7 Å². The second-order valence-corrected chi connectivity index (χ2v) is 25.3. The van der Waals surface area contributed by atoms with E-state index in [1.54, 1.807) is 109 Å². The van der Waals surface area contributed by atoms with E-state index >= 15 is 0 Å². The first-order chi connectivity index (χ1) is 52.0. The van der Waals surface area contributed by atoms with Crippen LogP contribution in [-0.4, -0.2) is 208 Å². The molecule has 5 aromatic rings. The number of para-hydroxylation sites is 6. The van der Waals surface area contributed by atoms with Crippen LogP contribution in [0.3, 0.4) is 0 Å². The zero-order valence-electron chi connectivity index (χ0n) is 60.3. The lowest BCUT2D eigenvalue weighted by Crippen LogP contribution is -2.55. The van der Waals surface area contributed by atoms with Gasteiger partial charge in [0.1, 0.15) is 86.7 Å². The molecular formula is C76H86N12O22. The van der Waals surface area contributed by atoms with Crippen molar-refractivity contribution >= 4 is 147 Å². The van der Waals surface area contributed by atoms with E-state index in [1.165, 1.54) is 74.4 Å². The van der Waals surface area contributed by atoms with Gasteiger partial charge < -0.3 is 75.2 Å². The molecule has 4 aliphatic rings. The molecule has 0 bridgehead atoms. The molecule has 4 aliphatic heterocycles. The molecule has 9 rings (SSSR count). The summed E-state index contributed by atoms with van der Waals surface area (Å²) in [4.78, 5) is 242. The molecular weight excluding hydrogens is 1430 g/mol. The minimum absolute atomic E-state index is 0. The van der Waals surface area contributed by atoms with Crippen molar-refractivity contribution in [2.45, 2.75) is 124 Å². The number of nitrogens with one attached hydrogen (secondary N) is 6. The number of Topliss-reactive ketones (excluding diaryl/α,β-unsaturated/α-hetero) is 4. The second-order valence-electron chi connectivity index (χ2n) is 25.3. The number of anilines is 6. The highest BCUT2D eigenvalue weighted by Gasteiger charge is 2.42. The number of rotatable bonds is 26. The molecule has 4 heterocycles. The first kappa shape index (κ1) is 85.9. The summed E-state index contributed by atoms with van der Waals surface area (Å²) in [7, 11) is 0. The minimum Gasteiger partial charge on any atom is -0.445 e. The van der Waals surface area contributed by atoms with E-state index in [0.29, 0.717) is 48.9 Å². The molecule has 6 N–H and O–H groups in total. The van der Waals surface area contributed by atoms with Crippen LogP contribution in [0.5, 0.6) is 0 Å². The van der Waals surface area contributed by atoms with E-state index < -0.39 is 127 Å². The molecule has 12 amide bonds. The van der Waals surface area contributed by atoms with Gasteiger partial charge in [-0.3, -0.25) is 81.8 Å². The minimum atomic E-state index is -1.36. The number of hydrogen-bond acceptors (Lipinski definition) is 22. The zero-order valence-corrected chi connectivity index (χ0v) is 60.3. The first-order valence-corrected chi connectivity index (χ1v) is 34.2. The molecule has 34 nitrogen and oxygen atoms in total. The standard InChI is InChI=1S/C26H28N4O7.C26H26N4O7.C23H28N4O8.CH4/c1-17(32)12-20(15-31)27-24(34)14-30-23-11-7-6-10-22(23)29(18(2)33)13-21(25(30)35)28-26(36)37-16-19-8-4-3-5-9-19;1-16(32)12-19(15-31)27-23(34)14-30-22-11-7-6-10-21(22)29(17(2)33)13-20(26(30)37)28-25(36)24(35)18-8-4-3-5-9-18;1-14(29)9-16(12-28)24-21(31)11-27-20-6-4-3-5-19(20)26(15(2)30)10-18(22(27)32)25-23(33)35-17-7-8-34-13-17;/h3-11,15,20-21H,12-14,16H2,1-2H3,(H,27,34)(H,28,36);3-11,15,19-20H,12-14H2,1-2H3,(H,27,34)(H,28,36);3-6,12,16-18H,7-11,13H2,1-2H3,(H,24,31)(H,25,33);1H4/t20-,21-;19-,20-;16-,17-,18-;/m000./s1. The van der Waals surface area contributed by atoms with Gasteiger partial charge in [-0.05, 0) is 62.7 Å². The number of aldehydes is 3. The number of amides is 12. The predicted octanol–water partition coefficient (Wildman–Crippen LogP) is 2.33. The number of fused-ring (bicyclic) bond motifs is 3. The Labute approximate surface area is 632 Å². The summed E-state index contributed by atoms with van der Waals surface area (Å²) in [5.74, 6) is -8.13. The molecule has 0 spiro atoms. The summed E-state index contributed by atoms with van der Waals surface area (Å²) in [5, 5.41) is 14.7. The highest BCUT2D eigenvalue weighted by molar-refractivity contribution is 6.43. The SMILES string of the molecule is C.CC(=O)C[C@@H](C=O)NC(=O)CN1C(=O)[C@@H](NC(=O)C(=O)c2ccccc2)CN(C(C)=O)c2ccccc21.CC(=O)C[C@@H](C=O)NC(=O)CN1C(=O)[C@@H](NC(=O)OCc2ccccc2)CN(C(C)=O)c2ccccc21.CC(=O)C[C@@H](C=O)NC(=O)CN1C(=O)[C@@H](NC(=O)O[C@H]2CCOC2)CN(C(C)=O)c2ccccc21. The van der Waals surface area contributed by atoms with Crippen LogP contribution in [0, 0.1) is 0 Å². The Morgan fingerprint density at radius 3 is 1.10 bits per heavy atom. The van der Waals surface area contributed by atoms with Crippen molar-refractivity contribution < 1.29 is 105 Å². The van der Waals surface area contributed by atoms with Gasteiger partial charge in [0.15, 0.2) is 0 Å². The number of hydrogen-bond donors (Lipinski definition) is 6. The Kier molecular flexibility index (Phi) is 32.2. The largest absolute Gasteiger partial charge is 0.445 e. The molecule has 0 aromatic heterocycles. The van der Waals surface area contributed by atoms with Gasteiger partial charge in [0, 0.05) is 52.0 Å². The lowest BCUT2D eigenvalue weighted by molar-refractivity contribution is -0.128. The smallest absolute Gasteiger partial charge is 0.408 e. The molecule has 5 aromatic carbocycles. The zero-order chi connectivity index (χ0) is 79.6. The van der Waals surface area contributed by atoms with Gasteiger partial charge >= 0.3 is 12.2 Å². The maximum Gasteiger partial charge on any atom is 0.408 e. The maximum absolute atomic E-state index is 13.6. The Bertz CT molecular complexity index is 4290. The Hall–Kier alpha value is -13.0. The van der Waals surface area contributed by atoms with Crippen molar-refractivity contribution in [1.82, 2.24) is 31.9 Å². The van der Waals surface area contributed by atoms with Gasteiger partial charge in [-0.1, -0.05) is 104 Å². The quantitative estimate of drug-likeness (QED) is 0.0263. The number of nitrogens with zero attached hydrogens (tertiary/aromatic N) is 6. The summed E-state index contributed by atoms with van der Waals surface area (Å²) >= 11 is 0. The summed E-state index contributed by atoms with van der Waals surface area (Å²) in [6.45, 7) is 6.24. The van der Waals surface area contributed by atoms with Gasteiger partial charge in [-0.15, -0.1) is 0 Å². The number of carbonyl (C=O) groups excluding carboxylic acids is 19. The van der Waals surface area contributed by atoms with E-state index in [2.05, 4.69) is 31.9 Å². The van der Waals surface area contributed by atoms with Crippen LogP contribution < -0.4 is 61.3 Å². The van der Waals surface area contributed by atoms with Crippen LogP contribution in [0.1, 0.15) is 90.6 Å². The van der Waals surface area contributed by atoms with Crippen LogP contribution in [0.15, 0.2) is 133 Å². The van der Waals surface area contributed by atoms with Crippen molar-refractivity contribution in [3.8, 4) is 0 Å². The fourth-order valence-corrected chi connectivity index (χ4v) is 11.8. The van der Waals surface area contributed by atoms with Crippen LogP contribution >= 0.6 is 0 Å². The Morgan fingerprint density at radius 2 is 0.773 bits per heavy atom. The molecule has 582 valence electrons. The van der Waals surface area contributed by atoms with Crippen LogP contribution in [0.25, 0.3) is 0 Å². The molecule has 1 fully saturated rings. The van der Waals surface area contributed by atoms with E-state index in [-0.39, 0.29) is 111 Å². The molecule has 110 heavy (non-hydrogen) atoms. The van der Waals surface area contributed by atoms with E-state index in [0.717, 1.165) is 20.3 Å². The number of ketones is 4. The fraction of sp³-hybridized carbons (Fsp3) is 0.355. The van der Waals surface area contributed by atoms with Gasteiger partial charge in [-0.25, -0.2) is 9.59 Å². The molecule has 0 unspecified atom stereocenters. The topological polar surface area (TPSA) is 444 Å². The van der Waals surface area contributed by atoms with E-state index in [9.17, 15) is 91.1 Å². The average molecular weight is 1520 g/mol. The Morgan fingerprint density at radius 1 is 0.445 bits per heavy atom. The van der Waals surface area contributed by atoms with Gasteiger partial charge in [0.2, 0.25) is 41.2 Å². The molecule has 34 heteroatoms. The number of alkyl carbamates (subject to hydrolysis) is 2. The lowest BCUT2D eigenvalue weighted by atomic mass is 10.1.